The lowest BCUT2D eigenvalue weighted by Crippen LogP contribution is -2.18. The minimum atomic E-state index is -0.752. The highest BCUT2D eigenvalue weighted by Gasteiger charge is 2.08. The number of hydrogen-bond donors (Lipinski definition) is 1. The largest absolute Gasteiger partial charge is 0.868 e. The smallest absolute Gasteiger partial charge is 0.272 e. The number of hydrogen-bond acceptors (Lipinski definition) is 5. The second kappa shape index (κ2) is 6.81. The van der Waals surface area contributed by atoms with E-state index in [1.54, 1.807) is 24.3 Å². The van der Waals surface area contributed by atoms with Crippen molar-refractivity contribution in [3.63, 3.8) is 0 Å². The number of nitro benzene ring substituents is 1. The first kappa shape index (κ1) is 15.6. The molecule has 0 spiro atoms. The highest BCUT2D eigenvalue weighted by molar-refractivity contribution is 9.10. The zero-order valence-electron chi connectivity index (χ0n) is 11.0. The zero-order valence-corrected chi connectivity index (χ0v) is 12.6. The number of hydrazone groups is 1. The first-order valence-corrected chi connectivity index (χ1v) is 6.81. The van der Waals surface area contributed by atoms with Crippen molar-refractivity contribution in [3.8, 4) is 5.75 Å². The van der Waals surface area contributed by atoms with E-state index in [9.17, 15) is 20.0 Å². The molecule has 0 saturated carbocycles. The summed E-state index contributed by atoms with van der Waals surface area (Å²) in [5, 5.41) is 25.7. The summed E-state index contributed by atoms with van der Waals surface area (Å²) in [6, 6.07) is 10.4. The lowest BCUT2D eigenvalue weighted by Gasteiger charge is -2.06. The first-order chi connectivity index (χ1) is 10.5. The first-order valence-electron chi connectivity index (χ1n) is 6.02. The van der Waals surface area contributed by atoms with Crippen LogP contribution in [0.3, 0.4) is 0 Å². The number of rotatable bonds is 4. The quantitative estimate of drug-likeness (QED) is 0.510. The van der Waals surface area contributed by atoms with Gasteiger partial charge in [0, 0.05) is 10.5 Å². The van der Waals surface area contributed by atoms with E-state index >= 15 is 0 Å². The Hall–Kier alpha value is -2.74. The second-order valence-electron chi connectivity index (χ2n) is 4.16. The molecule has 0 radical (unpaired) electrons. The van der Waals surface area contributed by atoms with Gasteiger partial charge in [0.25, 0.3) is 11.6 Å². The van der Waals surface area contributed by atoms with E-state index in [1.165, 1.54) is 12.3 Å². The van der Waals surface area contributed by atoms with E-state index in [2.05, 4.69) is 26.5 Å². The van der Waals surface area contributed by atoms with Gasteiger partial charge in [-0.05, 0) is 45.4 Å². The van der Waals surface area contributed by atoms with Crippen molar-refractivity contribution >= 4 is 33.7 Å². The molecule has 0 unspecified atom stereocenters. The molecule has 8 heteroatoms. The van der Waals surface area contributed by atoms with Gasteiger partial charge in [0.2, 0.25) is 0 Å². The van der Waals surface area contributed by atoms with Crippen molar-refractivity contribution in [3.05, 3.63) is 68.2 Å². The summed E-state index contributed by atoms with van der Waals surface area (Å²) < 4.78 is 0.625. The molecule has 0 bridgehead atoms. The van der Waals surface area contributed by atoms with Crippen LogP contribution in [-0.2, 0) is 0 Å². The van der Waals surface area contributed by atoms with Crippen LogP contribution in [0.25, 0.3) is 0 Å². The van der Waals surface area contributed by atoms with Crippen molar-refractivity contribution in [2.45, 2.75) is 0 Å². The molecule has 2 aromatic rings. The number of benzene rings is 2. The fourth-order valence-corrected chi connectivity index (χ4v) is 2.10. The van der Waals surface area contributed by atoms with Gasteiger partial charge in [-0.15, -0.1) is 0 Å². The standard InChI is InChI=1S/C14H10BrN3O4/c15-11-4-2-1-3-10(11)14(20)17-16-8-9-5-6-12(18(21)22)13(19)7-9/h1-8,19H,(H,17,20)/p-1/b16-8-. The molecule has 1 amide bonds. The van der Waals surface area contributed by atoms with Crippen LogP contribution in [0.4, 0.5) is 5.69 Å². The Kier molecular flexibility index (Phi) is 4.84. The molecular formula is C14H9BrN3O4-. The summed E-state index contributed by atoms with van der Waals surface area (Å²) in [5.41, 5.74) is 2.56. The lowest BCUT2D eigenvalue weighted by molar-refractivity contribution is -0.398. The van der Waals surface area contributed by atoms with Gasteiger partial charge in [-0.2, -0.15) is 5.10 Å². The summed E-state index contributed by atoms with van der Waals surface area (Å²) in [7, 11) is 0. The normalized spacial score (nSPS) is 10.6. The molecule has 0 aliphatic carbocycles. The Labute approximate surface area is 133 Å². The molecule has 0 aliphatic heterocycles. The highest BCUT2D eigenvalue weighted by atomic mass is 79.9. The molecule has 0 aromatic heterocycles. The molecule has 0 aliphatic rings. The van der Waals surface area contributed by atoms with Crippen molar-refractivity contribution in [2.75, 3.05) is 0 Å². The molecular weight excluding hydrogens is 354 g/mol. The van der Waals surface area contributed by atoms with E-state index in [0.717, 1.165) is 12.1 Å². The molecule has 0 saturated heterocycles. The van der Waals surface area contributed by atoms with Crippen LogP contribution in [0.1, 0.15) is 15.9 Å². The van der Waals surface area contributed by atoms with Gasteiger partial charge in [0.05, 0.1) is 16.7 Å². The Morgan fingerprint density at radius 1 is 1.27 bits per heavy atom. The fraction of sp³-hybridized carbons (Fsp3) is 0. The van der Waals surface area contributed by atoms with E-state index in [1.807, 2.05) is 0 Å². The summed E-state index contributed by atoms with van der Waals surface area (Å²) in [6.07, 6.45) is 1.24. The summed E-state index contributed by atoms with van der Waals surface area (Å²) in [5.74, 6) is -1.14. The average Bonchev–Trinajstić information content (AvgIpc) is 2.47. The number of carbonyl (C=O) groups excluding carboxylic acids is 1. The van der Waals surface area contributed by atoms with Gasteiger partial charge in [0.1, 0.15) is 0 Å². The number of nitrogens with one attached hydrogen (secondary N) is 1. The maximum absolute atomic E-state index is 11.9. The van der Waals surface area contributed by atoms with Crippen molar-refractivity contribution < 1.29 is 14.8 Å². The van der Waals surface area contributed by atoms with Crippen LogP contribution in [0.5, 0.6) is 5.75 Å². The third-order valence-electron chi connectivity index (χ3n) is 2.68. The van der Waals surface area contributed by atoms with Crippen LogP contribution in [0.2, 0.25) is 0 Å². The minimum absolute atomic E-state index is 0.350. The van der Waals surface area contributed by atoms with Crippen molar-refractivity contribution in [1.29, 1.82) is 0 Å². The maximum atomic E-state index is 11.9. The van der Waals surface area contributed by atoms with Gasteiger partial charge in [-0.1, -0.05) is 18.2 Å². The monoisotopic (exact) mass is 362 g/mol. The Balaban J connectivity index is 2.07. The van der Waals surface area contributed by atoms with E-state index in [-0.39, 0.29) is 0 Å². The topological polar surface area (TPSA) is 108 Å². The fourth-order valence-electron chi connectivity index (χ4n) is 1.63. The Morgan fingerprint density at radius 3 is 2.64 bits per heavy atom. The molecule has 0 atom stereocenters. The summed E-state index contributed by atoms with van der Waals surface area (Å²) >= 11 is 3.25. The van der Waals surface area contributed by atoms with Gasteiger partial charge < -0.3 is 5.11 Å². The molecule has 22 heavy (non-hydrogen) atoms. The Bertz CT molecular complexity index is 762. The van der Waals surface area contributed by atoms with Crippen LogP contribution >= 0.6 is 15.9 Å². The van der Waals surface area contributed by atoms with Gasteiger partial charge in [0.15, 0.2) is 0 Å². The molecule has 1 N–H and O–H groups in total. The predicted molar refractivity (Wildman–Crippen MR) is 81.7 cm³/mol. The average molecular weight is 363 g/mol. The predicted octanol–water partition coefficient (Wildman–Crippen LogP) is 2.19. The third kappa shape index (κ3) is 3.67. The summed E-state index contributed by atoms with van der Waals surface area (Å²) in [4.78, 5) is 21.6. The van der Waals surface area contributed by atoms with Gasteiger partial charge in [-0.3, -0.25) is 14.9 Å². The SMILES string of the molecule is O=C(N/N=C\c1ccc([N+](=O)[O-])c([O-])c1)c1ccccc1Br. The van der Waals surface area contributed by atoms with Crippen LogP contribution < -0.4 is 10.5 Å². The van der Waals surface area contributed by atoms with Crippen molar-refractivity contribution in [2.24, 2.45) is 5.10 Å². The number of halogens is 1. The number of carbonyl (C=O) groups is 1. The lowest BCUT2D eigenvalue weighted by atomic mass is 10.2. The molecule has 2 aromatic carbocycles. The van der Waals surface area contributed by atoms with Crippen LogP contribution in [-0.4, -0.2) is 17.0 Å². The number of amides is 1. The molecule has 2 rings (SSSR count). The molecule has 112 valence electrons. The zero-order chi connectivity index (χ0) is 16.1. The van der Waals surface area contributed by atoms with Crippen LogP contribution in [0, 0.1) is 10.1 Å². The van der Waals surface area contributed by atoms with Gasteiger partial charge in [-0.25, -0.2) is 5.43 Å². The minimum Gasteiger partial charge on any atom is -0.868 e. The summed E-state index contributed by atoms with van der Waals surface area (Å²) in [6.45, 7) is 0. The van der Waals surface area contributed by atoms with Gasteiger partial charge >= 0.3 is 0 Å². The highest BCUT2D eigenvalue weighted by Crippen LogP contribution is 2.22. The van der Waals surface area contributed by atoms with E-state index in [0.29, 0.717) is 15.6 Å². The second-order valence-corrected chi connectivity index (χ2v) is 5.02. The molecule has 0 fully saturated rings. The molecule has 7 nitrogen and oxygen atoms in total. The van der Waals surface area contributed by atoms with E-state index < -0.39 is 22.3 Å². The van der Waals surface area contributed by atoms with E-state index in [4.69, 9.17) is 0 Å². The Morgan fingerprint density at radius 2 is 2.00 bits per heavy atom. The third-order valence-corrected chi connectivity index (χ3v) is 3.37. The maximum Gasteiger partial charge on any atom is 0.272 e. The molecule has 0 heterocycles. The number of nitrogens with zero attached hydrogens (tertiary/aromatic N) is 2. The van der Waals surface area contributed by atoms with Crippen molar-refractivity contribution in [1.82, 2.24) is 5.43 Å². The number of nitro groups is 1. The van der Waals surface area contributed by atoms with Crippen LogP contribution in [0.15, 0.2) is 52.0 Å².